The summed E-state index contributed by atoms with van der Waals surface area (Å²) in [6.07, 6.45) is 1.85. The Labute approximate surface area is 103 Å². The van der Waals surface area contributed by atoms with Crippen molar-refractivity contribution in [3.8, 4) is 0 Å². The minimum Gasteiger partial charge on any atom is -0.452 e. The Hall–Kier alpha value is -0.370. The molecule has 2 rings (SSSR count). The molecule has 0 aromatic carbocycles. The number of hydrogen-bond donors (Lipinski definition) is 1. The summed E-state index contributed by atoms with van der Waals surface area (Å²) in [5, 5.41) is 0. The van der Waals surface area contributed by atoms with Crippen LogP contribution in [0.2, 0.25) is 0 Å². The molecule has 1 heterocycles. The Kier molecular flexibility index (Phi) is 3.13. The van der Waals surface area contributed by atoms with E-state index in [-0.39, 0.29) is 22.2 Å². The molecule has 0 unspecified atom stereocenters. The van der Waals surface area contributed by atoms with Crippen molar-refractivity contribution in [2.75, 3.05) is 7.05 Å². The summed E-state index contributed by atoms with van der Waals surface area (Å²) in [6, 6.07) is 1.60. The first-order valence-electron chi connectivity index (χ1n) is 4.93. The summed E-state index contributed by atoms with van der Waals surface area (Å²) in [4.78, 5) is 0.155. The Balaban J connectivity index is 2.37. The highest BCUT2D eigenvalue weighted by Gasteiger charge is 2.37. The van der Waals surface area contributed by atoms with Gasteiger partial charge in [0, 0.05) is 19.2 Å². The topological polar surface area (TPSA) is 76.5 Å². The molecule has 0 amide bonds. The van der Waals surface area contributed by atoms with E-state index in [2.05, 4.69) is 15.9 Å². The van der Waals surface area contributed by atoms with Crippen molar-refractivity contribution in [3.05, 3.63) is 16.5 Å². The van der Waals surface area contributed by atoms with E-state index in [0.29, 0.717) is 5.76 Å². The number of rotatable bonds is 4. The van der Waals surface area contributed by atoms with Crippen LogP contribution in [-0.4, -0.2) is 25.8 Å². The predicted octanol–water partition coefficient (Wildman–Crippen LogP) is 1.28. The summed E-state index contributed by atoms with van der Waals surface area (Å²) in [7, 11) is -1.87. The number of nitrogens with zero attached hydrogens (tertiary/aromatic N) is 1. The van der Waals surface area contributed by atoms with Crippen molar-refractivity contribution in [2.24, 2.45) is 5.73 Å². The minimum absolute atomic E-state index is 0.133. The summed E-state index contributed by atoms with van der Waals surface area (Å²) in [6.45, 7) is 0.182. The lowest BCUT2D eigenvalue weighted by atomic mass is 10.5. The highest BCUT2D eigenvalue weighted by atomic mass is 79.9. The van der Waals surface area contributed by atoms with Crippen LogP contribution in [0.1, 0.15) is 18.6 Å². The molecule has 0 aliphatic heterocycles. The molecule has 1 aliphatic carbocycles. The van der Waals surface area contributed by atoms with Gasteiger partial charge in [0.05, 0.1) is 6.54 Å². The molecule has 1 fully saturated rings. The number of halogens is 1. The van der Waals surface area contributed by atoms with Gasteiger partial charge in [0.2, 0.25) is 10.0 Å². The molecule has 0 atom stereocenters. The van der Waals surface area contributed by atoms with Gasteiger partial charge in [0.15, 0.2) is 4.67 Å². The molecule has 5 nitrogen and oxygen atoms in total. The van der Waals surface area contributed by atoms with E-state index >= 15 is 0 Å². The fraction of sp³-hybridized carbons (Fsp3) is 0.556. The summed E-state index contributed by atoms with van der Waals surface area (Å²) in [5.74, 6) is 0.453. The Morgan fingerprint density at radius 1 is 1.62 bits per heavy atom. The molecule has 1 aromatic heterocycles. The lowest BCUT2D eigenvalue weighted by Gasteiger charge is -2.14. The monoisotopic (exact) mass is 308 g/mol. The third kappa shape index (κ3) is 2.04. The van der Waals surface area contributed by atoms with Crippen LogP contribution in [0, 0.1) is 0 Å². The van der Waals surface area contributed by atoms with Gasteiger partial charge >= 0.3 is 0 Å². The van der Waals surface area contributed by atoms with Crippen molar-refractivity contribution in [3.63, 3.8) is 0 Å². The Bertz CT molecular complexity index is 493. The lowest BCUT2D eigenvalue weighted by Crippen LogP contribution is -2.28. The molecule has 0 radical (unpaired) electrons. The van der Waals surface area contributed by atoms with Gasteiger partial charge in [-0.1, -0.05) is 0 Å². The van der Waals surface area contributed by atoms with Gasteiger partial charge in [-0.05, 0) is 28.8 Å². The van der Waals surface area contributed by atoms with Crippen LogP contribution in [-0.2, 0) is 16.6 Å². The fourth-order valence-electron chi connectivity index (χ4n) is 1.46. The molecule has 0 bridgehead atoms. The number of sulfonamides is 1. The van der Waals surface area contributed by atoms with Crippen LogP contribution in [0.25, 0.3) is 0 Å². The third-order valence-corrected chi connectivity index (χ3v) is 5.39. The van der Waals surface area contributed by atoms with Crippen LogP contribution in [0.3, 0.4) is 0 Å². The Morgan fingerprint density at radius 2 is 2.25 bits per heavy atom. The van der Waals surface area contributed by atoms with E-state index in [1.54, 1.807) is 7.05 Å². The first-order chi connectivity index (χ1) is 7.46. The van der Waals surface area contributed by atoms with Gasteiger partial charge < -0.3 is 10.2 Å². The maximum absolute atomic E-state index is 12.2. The average molecular weight is 309 g/mol. The van der Waals surface area contributed by atoms with Gasteiger partial charge in [-0.25, -0.2) is 8.42 Å². The normalized spacial score (nSPS) is 17.0. The van der Waals surface area contributed by atoms with Crippen molar-refractivity contribution >= 4 is 26.0 Å². The summed E-state index contributed by atoms with van der Waals surface area (Å²) in [5.41, 5.74) is 5.40. The van der Waals surface area contributed by atoms with E-state index in [0.717, 1.165) is 12.8 Å². The second-order valence-electron chi connectivity index (χ2n) is 3.81. The predicted molar refractivity (Wildman–Crippen MR) is 62.3 cm³/mol. The highest BCUT2D eigenvalue weighted by Crippen LogP contribution is 2.34. The maximum Gasteiger partial charge on any atom is 0.247 e. The molecule has 1 aliphatic rings. The molecule has 0 saturated heterocycles. The molecule has 1 saturated carbocycles. The van der Waals surface area contributed by atoms with E-state index in [1.807, 2.05) is 0 Å². The van der Waals surface area contributed by atoms with E-state index in [1.165, 1.54) is 10.4 Å². The zero-order valence-electron chi connectivity index (χ0n) is 8.81. The summed E-state index contributed by atoms with van der Waals surface area (Å²) >= 11 is 3.10. The fourth-order valence-corrected chi connectivity index (χ4v) is 3.84. The van der Waals surface area contributed by atoms with Crippen LogP contribution in [0.5, 0.6) is 0 Å². The second kappa shape index (κ2) is 4.14. The standard InChI is InChI=1S/C9H13BrN2O3S/c1-12(6-2-3-6)16(13,14)8-4-7(5-11)15-9(8)10/h4,6H,2-3,5,11H2,1H3. The number of hydrogen-bond acceptors (Lipinski definition) is 4. The van der Waals surface area contributed by atoms with Gasteiger partial charge in [-0.15, -0.1) is 0 Å². The maximum atomic E-state index is 12.2. The van der Waals surface area contributed by atoms with E-state index in [4.69, 9.17) is 10.2 Å². The quantitative estimate of drug-likeness (QED) is 0.909. The average Bonchev–Trinajstić information content (AvgIpc) is 3.00. The smallest absolute Gasteiger partial charge is 0.247 e. The van der Waals surface area contributed by atoms with Crippen LogP contribution in [0.4, 0.5) is 0 Å². The SMILES string of the molecule is CN(C1CC1)S(=O)(=O)c1cc(CN)oc1Br. The number of nitrogens with two attached hydrogens (primary N) is 1. The summed E-state index contributed by atoms with van der Waals surface area (Å²) < 4.78 is 31.1. The minimum atomic E-state index is -3.46. The van der Waals surface area contributed by atoms with Crippen molar-refractivity contribution in [1.29, 1.82) is 0 Å². The van der Waals surface area contributed by atoms with Crippen molar-refractivity contribution < 1.29 is 12.8 Å². The van der Waals surface area contributed by atoms with Crippen LogP contribution < -0.4 is 5.73 Å². The molecular weight excluding hydrogens is 296 g/mol. The van der Waals surface area contributed by atoms with Gasteiger partial charge in [0.25, 0.3) is 0 Å². The number of furan rings is 1. The highest BCUT2D eigenvalue weighted by molar-refractivity contribution is 9.10. The molecule has 0 spiro atoms. The van der Waals surface area contributed by atoms with E-state index in [9.17, 15) is 8.42 Å². The second-order valence-corrected chi connectivity index (χ2v) is 6.49. The largest absolute Gasteiger partial charge is 0.452 e. The molecule has 7 heteroatoms. The Morgan fingerprint density at radius 3 is 2.69 bits per heavy atom. The zero-order chi connectivity index (χ0) is 11.9. The van der Waals surface area contributed by atoms with Crippen molar-refractivity contribution in [1.82, 2.24) is 4.31 Å². The molecule has 16 heavy (non-hydrogen) atoms. The third-order valence-electron chi connectivity index (χ3n) is 2.63. The van der Waals surface area contributed by atoms with E-state index < -0.39 is 10.0 Å². The molecule has 2 N–H and O–H groups in total. The van der Waals surface area contributed by atoms with Crippen molar-refractivity contribution in [2.45, 2.75) is 30.3 Å². The van der Waals surface area contributed by atoms with Gasteiger partial charge in [-0.3, -0.25) is 0 Å². The first kappa shape index (κ1) is 12.1. The van der Waals surface area contributed by atoms with Gasteiger partial charge in [0.1, 0.15) is 10.7 Å². The lowest BCUT2D eigenvalue weighted by molar-refractivity contribution is 0.456. The van der Waals surface area contributed by atoms with Crippen LogP contribution >= 0.6 is 15.9 Å². The molecule has 90 valence electrons. The first-order valence-corrected chi connectivity index (χ1v) is 7.16. The molecular formula is C9H13BrN2O3S. The zero-order valence-corrected chi connectivity index (χ0v) is 11.2. The van der Waals surface area contributed by atoms with Crippen LogP contribution in [0.15, 0.2) is 20.0 Å². The van der Waals surface area contributed by atoms with Gasteiger partial charge in [-0.2, -0.15) is 4.31 Å². The molecule has 1 aromatic rings.